The van der Waals surface area contributed by atoms with Gasteiger partial charge in [0.1, 0.15) is 6.54 Å². The first-order valence-corrected chi connectivity index (χ1v) is 6.61. The molecule has 0 radical (unpaired) electrons. The summed E-state index contributed by atoms with van der Waals surface area (Å²) >= 11 is 0. The van der Waals surface area contributed by atoms with Crippen molar-refractivity contribution in [1.82, 2.24) is 15.5 Å². The van der Waals surface area contributed by atoms with E-state index in [0.717, 1.165) is 0 Å². The fraction of sp³-hybridized carbons (Fsp3) is 0.750. The van der Waals surface area contributed by atoms with Crippen molar-refractivity contribution < 1.29 is 19.5 Å². The molecule has 106 valence electrons. The Kier molecular flexibility index (Phi) is 4.24. The molecule has 7 heteroatoms. The highest BCUT2D eigenvalue weighted by atomic mass is 16.4. The van der Waals surface area contributed by atoms with Gasteiger partial charge in [-0.15, -0.1) is 0 Å². The number of aliphatic carboxylic acids is 1. The van der Waals surface area contributed by atoms with Crippen LogP contribution in [0.15, 0.2) is 0 Å². The SMILES string of the molecule is O=C1CN(C(=O)NC2CCC(C(=O)O)CC2)CCN1. The number of hydrogen-bond acceptors (Lipinski definition) is 3. The molecule has 0 bridgehead atoms. The van der Waals surface area contributed by atoms with Crippen LogP contribution < -0.4 is 10.6 Å². The van der Waals surface area contributed by atoms with Gasteiger partial charge < -0.3 is 20.6 Å². The quantitative estimate of drug-likeness (QED) is 0.645. The van der Waals surface area contributed by atoms with E-state index >= 15 is 0 Å². The van der Waals surface area contributed by atoms with Gasteiger partial charge >= 0.3 is 12.0 Å². The summed E-state index contributed by atoms with van der Waals surface area (Å²) in [5, 5.41) is 14.4. The summed E-state index contributed by atoms with van der Waals surface area (Å²) in [5.41, 5.74) is 0. The molecule has 1 saturated carbocycles. The van der Waals surface area contributed by atoms with Crippen molar-refractivity contribution in [2.75, 3.05) is 19.6 Å². The molecule has 0 aromatic carbocycles. The van der Waals surface area contributed by atoms with E-state index in [1.165, 1.54) is 4.90 Å². The Hall–Kier alpha value is -1.79. The minimum absolute atomic E-state index is 0.0214. The largest absolute Gasteiger partial charge is 0.481 e. The normalized spacial score (nSPS) is 27.6. The van der Waals surface area contributed by atoms with Crippen molar-refractivity contribution in [3.63, 3.8) is 0 Å². The number of nitrogens with one attached hydrogen (secondary N) is 2. The van der Waals surface area contributed by atoms with E-state index in [0.29, 0.717) is 38.8 Å². The number of urea groups is 1. The second-order valence-corrected chi connectivity index (χ2v) is 5.11. The predicted octanol–water partition coefficient (Wildman–Crippen LogP) is -0.229. The summed E-state index contributed by atoms with van der Waals surface area (Å²) in [6.07, 6.45) is 2.56. The Morgan fingerprint density at radius 3 is 2.53 bits per heavy atom. The number of nitrogens with zero attached hydrogens (tertiary/aromatic N) is 1. The summed E-state index contributed by atoms with van der Waals surface area (Å²) < 4.78 is 0. The maximum Gasteiger partial charge on any atom is 0.318 e. The van der Waals surface area contributed by atoms with Crippen molar-refractivity contribution >= 4 is 17.9 Å². The second-order valence-electron chi connectivity index (χ2n) is 5.11. The van der Waals surface area contributed by atoms with Gasteiger partial charge in [0.2, 0.25) is 5.91 Å². The molecule has 0 atom stereocenters. The van der Waals surface area contributed by atoms with Crippen LogP contribution in [0, 0.1) is 5.92 Å². The summed E-state index contributed by atoms with van der Waals surface area (Å²) in [6.45, 7) is 1.09. The third kappa shape index (κ3) is 3.59. The maximum atomic E-state index is 11.9. The summed E-state index contributed by atoms with van der Waals surface area (Å²) in [6, 6.07) is -0.207. The van der Waals surface area contributed by atoms with Gasteiger partial charge in [0, 0.05) is 19.1 Å². The molecule has 1 heterocycles. The van der Waals surface area contributed by atoms with E-state index in [-0.39, 0.29) is 30.4 Å². The fourth-order valence-electron chi connectivity index (χ4n) is 2.56. The highest BCUT2D eigenvalue weighted by Gasteiger charge is 2.28. The van der Waals surface area contributed by atoms with Crippen LogP contribution in [0.1, 0.15) is 25.7 Å². The summed E-state index contributed by atoms with van der Waals surface area (Å²) in [7, 11) is 0. The first-order chi connectivity index (χ1) is 9.06. The van der Waals surface area contributed by atoms with Crippen molar-refractivity contribution in [2.45, 2.75) is 31.7 Å². The van der Waals surface area contributed by atoms with Crippen LogP contribution in [-0.4, -0.2) is 53.6 Å². The molecule has 0 aromatic heterocycles. The van der Waals surface area contributed by atoms with E-state index in [1.807, 2.05) is 0 Å². The molecule has 1 aliphatic heterocycles. The Morgan fingerprint density at radius 2 is 1.95 bits per heavy atom. The molecule has 1 aliphatic carbocycles. The topological polar surface area (TPSA) is 98.7 Å². The van der Waals surface area contributed by atoms with Gasteiger partial charge in [-0.25, -0.2) is 4.79 Å². The van der Waals surface area contributed by atoms with Gasteiger partial charge in [-0.2, -0.15) is 0 Å². The van der Waals surface area contributed by atoms with Crippen LogP contribution in [0.2, 0.25) is 0 Å². The first-order valence-electron chi connectivity index (χ1n) is 6.61. The molecular formula is C12H19N3O4. The van der Waals surface area contributed by atoms with Crippen LogP contribution in [-0.2, 0) is 9.59 Å². The third-order valence-corrected chi connectivity index (χ3v) is 3.73. The Bertz CT molecular complexity index is 377. The molecule has 3 amide bonds. The number of piperazine rings is 1. The molecule has 2 rings (SSSR count). The van der Waals surface area contributed by atoms with Gasteiger partial charge in [-0.05, 0) is 25.7 Å². The van der Waals surface area contributed by atoms with E-state index in [4.69, 9.17) is 5.11 Å². The maximum absolute atomic E-state index is 11.9. The van der Waals surface area contributed by atoms with Gasteiger partial charge in [0.25, 0.3) is 0 Å². The number of rotatable bonds is 2. The van der Waals surface area contributed by atoms with Crippen LogP contribution in [0.5, 0.6) is 0 Å². The van der Waals surface area contributed by atoms with E-state index in [2.05, 4.69) is 10.6 Å². The lowest BCUT2D eigenvalue weighted by Crippen LogP contribution is -2.54. The molecule has 2 fully saturated rings. The van der Waals surface area contributed by atoms with Crippen molar-refractivity contribution in [1.29, 1.82) is 0 Å². The van der Waals surface area contributed by atoms with Crippen molar-refractivity contribution in [3.8, 4) is 0 Å². The lowest BCUT2D eigenvalue weighted by molar-refractivity contribution is -0.142. The number of amides is 3. The van der Waals surface area contributed by atoms with Crippen molar-refractivity contribution in [2.24, 2.45) is 5.92 Å². The standard InChI is InChI=1S/C12H19N3O4/c16-10-7-15(6-5-13-10)12(19)14-9-3-1-8(2-4-9)11(17)18/h8-9H,1-7H2,(H,13,16)(H,14,19)(H,17,18). The van der Waals surface area contributed by atoms with Gasteiger partial charge in [-0.3, -0.25) is 9.59 Å². The van der Waals surface area contributed by atoms with Gasteiger partial charge in [-0.1, -0.05) is 0 Å². The lowest BCUT2D eigenvalue weighted by Gasteiger charge is -2.31. The smallest absolute Gasteiger partial charge is 0.318 e. The van der Waals surface area contributed by atoms with Gasteiger partial charge in [0.05, 0.1) is 5.92 Å². The van der Waals surface area contributed by atoms with Gasteiger partial charge in [0.15, 0.2) is 0 Å². The molecule has 0 unspecified atom stereocenters. The monoisotopic (exact) mass is 269 g/mol. The Morgan fingerprint density at radius 1 is 1.26 bits per heavy atom. The summed E-state index contributed by atoms with van der Waals surface area (Å²) in [4.78, 5) is 35.5. The number of hydrogen-bond donors (Lipinski definition) is 3. The van der Waals surface area contributed by atoms with Crippen molar-refractivity contribution in [3.05, 3.63) is 0 Å². The van der Waals surface area contributed by atoms with E-state index in [9.17, 15) is 14.4 Å². The molecule has 0 spiro atoms. The highest BCUT2D eigenvalue weighted by Crippen LogP contribution is 2.24. The molecular weight excluding hydrogens is 250 g/mol. The second kappa shape index (κ2) is 5.90. The number of carbonyl (C=O) groups excluding carboxylic acids is 2. The highest BCUT2D eigenvalue weighted by molar-refractivity contribution is 5.85. The van der Waals surface area contributed by atoms with Crippen LogP contribution in [0.4, 0.5) is 4.79 Å². The molecule has 2 aliphatic rings. The zero-order chi connectivity index (χ0) is 13.8. The summed E-state index contributed by atoms with van der Waals surface area (Å²) in [5.74, 6) is -1.18. The molecule has 19 heavy (non-hydrogen) atoms. The van der Waals surface area contributed by atoms with E-state index < -0.39 is 5.97 Å². The fourth-order valence-corrected chi connectivity index (χ4v) is 2.56. The lowest BCUT2D eigenvalue weighted by atomic mass is 9.86. The minimum Gasteiger partial charge on any atom is -0.481 e. The average Bonchev–Trinajstić information content (AvgIpc) is 2.39. The van der Waals surface area contributed by atoms with Crippen LogP contribution >= 0.6 is 0 Å². The predicted molar refractivity (Wildman–Crippen MR) is 66.5 cm³/mol. The average molecular weight is 269 g/mol. The van der Waals surface area contributed by atoms with E-state index in [1.54, 1.807) is 0 Å². The molecule has 1 saturated heterocycles. The zero-order valence-electron chi connectivity index (χ0n) is 10.7. The number of carbonyl (C=O) groups is 3. The Labute approximate surface area is 111 Å². The first kappa shape index (κ1) is 13.6. The number of carboxylic acids is 1. The minimum atomic E-state index is -0.752. The zero-order valence-corrected chi connectivity index (χ0v) is 10.7. The third-order valence-electron chi connectivity index (χ3n) is 3.73. The molecule has 3 N–H and O–H groups in total. The van der Waals surface area contributed by atoms with Crippen LogP contribution in [0.3, 0.4) is 0 Å². The Balaban J connectivity index is 1.77. The molecule has 0 aromatic rings. The number of carboxylic acid groups (broad SMARTS) is 1. The molecule has 7 nitrogen and oxygen atoms in total. The van der Waals surface area contributed by atoms with Crippen LogP contribution in [0.25, 0.3) is 0 Å².